The van der Waals surface area contributed by atoms with E-state index in [1.807, 2.05) is 24.7 Å². The Hall–Kier alpha value is -3.71. The molecule has 0 unspecified atom stereocenters. The second kappa shape index (κ2) is 13.4. The zero-order chi connectivity index (χ0) is 29.4. The molecule has 0 aromatic carbocycles. The average molecular weight is 559 g/mol. The van der Waals surface area contributed by atoms with Gasteiger partial charge in [0.2, 0.25) is 5.82 Å². The summed E-state index contributed by atoms with van der Waals surface area (Å²) in [4.78, 5) is 37.0. The van der Waals surface area contributed by atoms with E-state index in [-0.39, 0.29) is 11.9 Å². The molecule has 1 aliphatic rings. The quantitative estimate of drug-likeness (QED) is 0.481. The van der Waals surface area contributed by atoms with E-state index in [0.29, 0.717) is 49.6 Å². The number of rotatable bonds is 7. The Kier molecular flexibility index (Phi) is 10.8. The van der Waals surface area contributed by atoms with Gasteiger partial charge >= 0.3 is 18.2 Å². The minimum absolute atomic E-state index is 0.0184. The molecule has 1 aliphatic heterocycles. The highest BCUT2D eigenvalue weighted by Gasteiger charge is 2.38. The standard InChI is InChI=1S/C21H32N8O3.C2HF3O2/c1-21(2,3)32-20(30)26-29(15-7-11-31-12-8-15)19-17-18(24-16(13-22)25-19)28(14-23-17)10-6-9-27(4)5;3-2(4,5)1(6)7/h14-15H,6-12H2,1-5H3,(H,26,30);(H,6,7). The summed E-state index contributed by atoms with van der Waals surface area (Å²) in [5.41, 5.74) is 3.26. The zero-order valence-corrected chi connectivity index (χ0v) is 22.4. The molecule has 13 nitrogen and oxygen atoms in total. The van der Waals surface area contributed by atoms with Crippen molar-refractivity contribution in [2.45, 2.75) is 64.4 Å². The molecule has 1 amide bonds. The lowest BCUT2D eigenvalue weighted by Crippen LogP contribution is -2.52. The highest BCUT2D eigenvalue weighted by Crippen LogP contribution is 2.27. The number of nitrogens with zero attached hydrogens (tertiary/aromatic N) is 7. The molecule has 0 spiro atoms. The van der Waals surface area contributed by atoms with Crippen LogP contribution in [0.5, 0.6) is 0 Å². The van der Waals surface area contributed by atoms with Gasteiger partial charge in [-0.25, -0.2) is 20.0 Å². The van der Waals surface area contributed by atoms with Crippen molar-refractivity contribution in [3.8, 4) is 6.07 Å². The fourth-order valence-corrected chi connectivity index (χ4v) is 3.53. The molecule has 0 atom stereocenters. The maximum absolute atomic E-state index is 12.6. The predicted octanol–water partition coefficient (Wildman–Crippen LogP) is 2.71. The molecule has 0 saturated carbocycles. The van der Waals surface area contributed by atoms with Crippen LogP contribution in [-0.4, -0.2) is 93.3 Å². The normalized spacial score (nSPS) is 14.4. The summed E-state index contributed by atoms with van der Waals surface area (Å²) in [6, 6.07) is 1.95. The van der Waals surface area contributed by atoms with Crippen molar-refractivity contribution in [2.24, 2.45) is 0 Å². The van der Waals surface area contributed by atoms with Crippen LogP contribution in [0.1, 0.15) is 45.9 Å². The number of imidazole rings is 1. The maximum atomic E-state index is 12.6. The van der Waals surface area contributed by atoms with Gasteiger partial charge < -0.3 is 24.0 Å². The van der Waals surface area contributed by atoms with E-state index in [2.05, 4.69) is 25.3 Å². The van der Waals surface area contributed by atoms with Crippen LogP contribution in [0.3, 0.4) is 0 Å². The van der Waals surface area contributed by atoms with Crippen LogP contribution in [0.4, 0.5) is 23.8 Å². The zero-order valence-electron chi connectivity index (χ0n) is 22.4. The van der Waals surface area contributed by atoms with Crippen molar-refractivity contribution >= 4 is 29.0 Å². The lowest BCUT2D eigenvalue weighted by molar-refractivity contribution is -0.192. The van der Waals surface area contributed by atoms with Gasteiger partial charge in [-0.3, -0.25) is 5.01 Å². The topological polar surface area (TPSA) is 159 Å². The van der Waals surface area contributed by atoms with E-state index in [9.17, 15) is 23.2 Å². The fraction of sp³-hybridized carbons (Fsp3) is 0.652. The van der Waals surface area contributed by atoms with Gasteiger partial charge in [0, 0.05) is 19.8 Å². The minimum Gasteiger partial charge on any atom is -0.475 e. The highest BCUT2D eigenvalue weighted by molar-refractivity contribution is 5.85. The number of alkyl halides is 3. The van der Waals surface area contributed by atoms with Crippen molar-refractivity contribution in [3.05, 3.63) is 12.2 Å². The number of fused-ring (bicyclic) bond motifs is 1. The largest absolute Gasteiger partial charge is 0.490 e. The van der Waals surface area contributed by atoms with Gasteiger partial charge in [0.15, 0.2) is 17.0 Å². The molecule has 0 radical (unpaired) electrons. The second-order valence-electron chi connectivity index (χ2n) is 9.88. The van der Waals surface area contributed by atoms with Crippen LogP contribution < -0.4 is 10.4 Å². The Morgan fingerprint density at radius 1 is 1.26 bits per heavy atom. The van der Waals surface area contributed by atoms with Gasteiger partial charge in [-0.15, -0.1) is 0 Å². The molecule has 0 bridgehead atoms. The van der Waals surface area contributed by atoms with Crippen LogP contribution in [-0.2, 0) is 20.8 Å². The van der Waals surface area contributed by atoms with Gasteiger partial charge in [0.1, 0.15) is 11.7 Å². The number of carboxylic acid groups (broad SMARTS) is 1. The van der Waals surface area contributed by atoms with E-state index < -0.39 is 23.8 Å². The van der Waals surface area contributed by atoms with Crippen LogP contribution in [0.15, 0.2) is 6.33 Å². The minimum atomic E-state index is -5.08. The van der Waals surface area contributed by atoms with Gasteiger partial charge in [-0.1, -0.05) is 0 Å². The average Bonchev–Trinajstić information content (AvgIpc) is 3.24. The number of hydrazine groups is 1. The first kappa shape index (κ1) is 31.5. The molecule has 216 valence electrons. The summed E-state index contributed by atoms with van der Waals surface area (Å²) in [5, 5.41) is 18.4. The summed E-state index contributed by atoms with van der Waals surface area (Å²) in [5.74, 6) is -2.35. The van der Waals surface area contributed by atoms with E-state index in [4.69, 9.17) is 19.4 Å². The number of nitrogens with one attached hydrogen (secondary N) is 1. The summed E-state index contributed by atoms with van der Waals surface area (Å²) in [6.07, 6.45) is -1.70. The molecule has 1 saturated heterocycles. The number of aromatic nitrogens is 4. The number of amides is 1. The van der Waals surface area contributed by atoms with Gasteiger partial charge in [0.05, 0.1) is 12.4 Å². The van der Waals surface area contributed by atoms with Gasteiger partial charge in [0.25, 0.3) is 0 Å². The number of nitriles is 1. The van der Waals surface area contributed by atoms with Crippen LogP contribution in [0.25, 0.3) is 11.2 Å². The van der Waals surface area contributed by atoms with Crippen molar-refractivity contribution in [2.75, 3.05) is 38.9 Å². The first-order chi connectivity index (χ1) is 18.1. The lowest BCUT2D eigenvalue weighted by Gasteiger charge is -2.35. The summed E-state index contributed by atoms with van der Waals surface area (Å²) in [6.45, 7) is 8.15. The Bertz CT molecular complexity index is 1170. The molecule has 2 aromatic heterocycles. The third kappa shape index (κ3) is 9.84. The molecule has 39 heavy (non-hydrogen) atoms. The number of hydrogen-bond donors (Lipinski definition) is 2. The third-order valence-corrected chi connectivity index (χ3v) is 5.19. The summed E-state index contributed by atoms with van der Waals surface area (Å²) in [7, 11) is 4.04. The lowest BCUT2D eigenvalue weighted by atomic mass is 10.1. The molecular weight excluding hydrogens is 525 g/mol. The first-order valence-electron chi connectivity index (χ1n) is 12.1. The number of halogens is 3. The molecule has 0 aliphatic carbocycles. The van der Waals surface area contributed by atoms with Crippen LogP contribution in [0.2, 0.25) is 0 Å². The maximum Gasteiger partial charge on any atom is 0.490 e. The van der Waals surface area contributed by atoms with E-state index >= 15 is 0 Å². The van der Waals surface area contributed by atoms with Crippen molar-refractivity contribution in [1.29, 1.82) is 5.26 Å². The summed E-state index contributed by atoms with van der Waals surface area (Å²) >= 11 is 0. The number of anilines is 1. The van der Waals surface area contributed by atoms with E-state index in [1.165, 1.54) is 0 Å². The molecule has 16 heteroatoms. The fourth-order valence-electron chi connectivity index (χ4n) is 3.53. The number of carboxylic acids is 1. The van der Waals surface area contributed by atoms with Gasteiger partial charge in [-0.05, 0) is 60.7 Å². The molecule has 3 rings (SSSR count). The molecular formula is C23H33F3N8O5. The molecule has 3 heterocycles. The smallest absolute Gasteiger partial charge is 0.475 e. The number of aryl methyl sites for hydroxylation is 1. The SMILES string of the molecule is CN(C)CCCn1cnc2c(N(NC(=O)OC(C)(C)C)C3CCOCC3)nc(C#N)nc21.O=C(O)C(F)(F)F. The Labute approximate surface area is 223 Å². The van der Waals surface area contributed by atoms with E-state index in [1.54, 1.807) is 32.1 Å². The van der Waals surface area contributed by atoms with Crippen LogP contribution in [0, 0.1) is 11.3 Å². The van der Waals surface area contributed by atoms with Crippen LogP contribution >= 0.6 is 0 Å². The number of ether oxygens (including phenoxy) is 2. The first-order valence-corrected chi connectivity index (χ1v) is 12.1. The van der Waals surface area contributed by atoms with E-state index in [0.717, 1.165) is 13.0 Å². The Morgan fingerprint density at radius 2 is 1.87 bits per heavy atom. The molecule has 2 aromatic rings. The Morgan fingerprint density at radius 3 is 2.38 bits per heavy atom. The van der Waals surface area contributed by atoms with Crippen molar-refractivity contribution in [1.82, 2.24) is 29.8 Å². The summed E-state index contributed by atoms with van der Waals surface area (Å²) < 4.78 is 44.6. The second-order valence-corrected chi connectivity index (χ2v) is 9.88. The van der Waals surface area contributed by atoms with Gasteiger partial charge in [-0.2, -0.15) is 28.4 Å². The monoisotopic (exact) mass is 558 g/mol. The highest BCUT2D eigenvalue weighted by atomic mass is 19.4. The van der Waals surface area contributed by atoms with Crippen molar-refractivity contribution in [3.63, 3.8) is 0 Å². The van der Waals surface area contributed by atoms with Crippen molar-refractivity contribution < 1.29 is 37.3 Å². The number of hydrogen-bond acceptors (Lipinski definition) is 10. The molecule has 1 fully saturated rings. The predicted molar refractivity (Wildman–Crippen MR) is 133 cm³/mol. The number of carbonyl (C=O) groups excluding carboxylic acids is 1. The molecule has 2 N–H and O–H groups in total. The number of carbonyl (C=O) groups is 2. The number of aliphatic carboxylic acids is 1. The Balaban J connectivity index is 0.000000673. The third-order valence-electron chi connectivity index (χ3n) is 5.19.